The van der Waals surface area contributed by atoms with Crippen molar-refractivity contribution in [2.75, 3.05) is 51.7 Å². The average molecular weight is 487 g/mol. The second-order valence-corrected chi connectivity index (χ2v) is 9.19. The SMILES string of the molecule is CN1CCN(Cc2ccc(C(=O)NCCc3ccc(OC(=O)N(C)c4ccccc4)cc3)cc2)CC1. The van der Waals surface area contributed by atoms with Gasteiger partial charge < -0.3 is 15.0 Å². The Morgan fingerprint density at radius 3 is 2.17 bits per heavy atom. The summed E-state index contributed by atoms with van der Waals surface area (Å²) < 4.78 is 5.46. The smallest absolute Gasteiger partial charge is 0.410 e. The van der Waals surface area contributed by atoms with Gasteiger partial charge in [0.2, 0.25) is 0 Å². The van der Waals surface area contributed by atoms with Gasteiger partial charge in [-0.3, -0.25) is 14.6 Å². The fourth-order valence-corrected chi connectivity index (χ4v) is 4.10. The molecule has 0 bridgehead atoms. The Morgan fingerprint density at radius 1 is 0.861 bits per heavy atom. The van der Waals surface area contributed by atoms with E-state index >= 15 is 0 Å². The molecule has 1 saturated heterocycles. The maximum absolute atomic E-state index is 12.5. The summed E-state index contributed by atoms with van der Waals surface area (Å²) in [5, 5.41) is 2.99. The molecule has 1 N–H and O–H groups in total. The number of anilines is 1. The summed E-state index contributed by atoms with van der Waals surface area (Å²) in [5.74, 6) is 0.405. The standard InChI is InChI=1S/C29H34N4O3/c1-31-18-20-33(21-19-31)22-24-8-12-25(13-9-24)28(34)30-17-16-23-10-14-27(15-11-23)36-29(35)32(2)26-6-4-3-5-7-26/h3-15H,16-22H2,1-2H3,(H,30,34). The number of amides is 2. The van der Waals surface area contributed by atoms with Crippen molar-refractivity contribution in [1.82, 2.24) is 15.1 Å². The van der Waals surface area contributed by atoms with Crippen LogP contribution in [0.1, 0.15) is 21.5 Å². The molecule has 0 atom stereocenters. The summed E-state index contributed by atoms with van der Waals surface area (Å²) >= 11 is 0. The number of piperazine rings is 1. The summed E-state index contributed by atoms with van der Waals surface area (Å²) in [6, 6.07) is 24.6. The summed E-state index contributed by atoms with van der Waals surface area (Å²) in [7, 11) is 3.83. The van der Waals surface area contributed by atoms with Gasteiger partial charge in [-0.05, 0) is 61.0 Å². The van der Waals surface area contributed by atoms with Crippen molar-refractivity contribution < 1.29 is 14.3 Å². The third-order valence-electron chi connectivity index (χ3n) is 6.46. The molecule has 1 fully saturated rings. The summed E-state index contributed by atoms with van der Waals surface area (Å²) in [5.41, 5.74) is 3.71. The van der Waals surface area contributed by atoms with E-state index in [2.05, 4.69) is 22.2 Å². The Bertz CT molecular complexity index is 1130. The first kappa shape index (κ1) is 25.4. The van der Waals surface area contributed by atoms with Crippen LogP contribution in [0, 0.1) is 0 Å². The maximum atomic E-state index is 12.5. The summed E-state index contributed by atoms with van der Waals surface area (Å²) in [4.78, 5) is 31.2. The van der Waals surface area contributed by atoms with Crippen molar-refractivity contribution in [3.8, 4) is 5.75 Å². The predicted molar refractivity (Wildman–Crippen MR) is 143 cm³/mol. The average Bonchev–Trinajstić information content (AvgIpc) is 2.91. The van der Waals surface area contributed by atoms with Gasteiger partial charge in [-0.25, -0.2) is 4.79 Å². The van der Waals surface area contributed by atoms with Gasteiger partial charge in [0.05, 0.1) is 0 Å². The van der Waals surface area contributed by atoms with Crippen LogP contribution in [0.25, 0.3) is 0 Å². The highest BCUT2D eigenvalue weighted by atomic mass is 16.6. The molecule has 1 aliphatic rings. The molecule has 2 amide bonds. The van der Waals surface area contributed by atoms with E-state index in [9.17, 15) is 9.59 Å². The molecule has 0 spiro atoms. The minimum absolute atomic E-state index is 0.0735. The minimum Gasteiger partial charge on any atom is -0.410 e. The molecule has 0 unspecified atom stereocenters. The minimum atomic E-state index is -0.448. The second-order valence-electron chi connectivity index (χ2n) is 9.19. The van der Waals surface area contributed by atoms with Crippen LogP contribution in [0.4, 0.5) is 10.5 Å². The molecule has 1 aliphatic heterocycles. The van der Waals surface area contributed by atoms with Crippen molar-refractivity contribution >= 4 is 17.7 Å². The zero-order chi connectivity index (χ0) is 25.3. The van der Waals surface area contributed by atoms with Crippen LogP contribution in [0.2, 0.25) is 0 Å². The van der Waals surface area contributed by atoms with Gasteiger partial charge in [0, 0.05) is 57.6 Å². The molecule has 0 radical (unpaired) electrons. The Kier molecular flexibility index (Phi) is 8.71. The molecule has 36 heavy (non-hydrogen) atoms. The van der Waals surface area contributed by atoms with Crippen LogP contribution in [-0.2, 0) is 13.0 Å². The van der Waals surface area contributed by atoms with E-state index in [4.69, 9.17) is 4.74 Å². The van der Waals surface area contributed by atoms with Crippen LogP contribution in [0.3, 0.4) is 0 Å². The van der Waals surface area contributed by atoms with Crippen molar-refractivity contribution in [2.45, 2.75) is 13.0 Å². The zero-order valence-corrected chi connectivity index (χ0v) is 21.0. The quantitative estimate of drug-likeness (QED) is 0.521. The van der Waals surface area contributed by atoms with E-state index in [0.717, 1.165) is 44.0 Å². The molecule has 0 aliphatic carbocycles. The first-order valence-corrected chi connectivity index (χ1v) is 12.4. The van der Waals surface area contributed by atoms with Crippen LogP contribution in [-0.4, -0.2) is 68.6 Å². The molecule has 3 aromatic rings. The van der Waals surface area contributed by atoms with Gasteiger partial charge in [0.15, 0.2) is 0 Å². The van der Waals surface area contributed by atoms with Crippen molar-refractivity contribution in [3.63, 3.8) is 0 Å². The number of carbonyl (C=O) groups is 2. The Labute approximate surface area is 213 Å². The molecule has 3 aromatic carbocycles. The van der Waals surface area contributed by atoms with Crippen molar-refractivity contribution in [3.05, 3.63) is 95.6 Å². The van der Waals surface area contributed by atoms with E-state index in [1.54, 1.807) is 19.2 Å². The zero-order valence-electron chi connectivity index (χ0n) is 21.0. The fourth-order valence-electron chi connectivity index (χ4n) is 4.10. The van der Waals surface area contributed by atoms with Gasteiger partial charge in [-0.1, -0.05) is 42.5 Å². The van der Waals surface area contributed by atoms with Gasteiger partial charge in [0.1, 0.15) is 5.75 Å². The molecule has 7 heteroatoms. The number of likely N-dealkylation sites (N-methyl/N-ethyl adjacent to an activating group) is 1. The van der Waals surface area contributed by atoms with E-state index in [1.807, 2.05) is 66.7 Å². The monoisotopic (exact) mass is 486 g/mol. The van der Waals surface area contributed by atoms with Gasteiger partial charge in [0.25, 0.3) is 5.91 Å². The highest BCUT2D eigenvalue weighted by Gasteiger charge is 2.15. The van der Waals surface area contributed by atoms with Crippen molar-refractivity contribution in [2.24, 2.45) is 0 Å². The van der Waals surface area contributed by atoms with Gasteiger partial charge >= 0.3 is 6.09 Å². The summed E-state index contributed by atoms with van der Waals surface area (Å²) in [6.45, 7) is 5.79. The number of carbonyl (C=O) groups excluding carboxylic acids is 2. The lowest BCUT2D eigenvalue weighted by Crippen LogP contribution is -2.43. The molecular weight excluding hydrogens is 452 g/mol. The van der Waals surface area contributed by atoms with Gasteiger partial charge in [-0.15, -0.1) is 0 Å². The number of rotatable bonds is 8. The van der Waals surface area contributed by atoms with E-state index in [1.165, 1.54) is 10.5 Å². The first-order chi connectivity index (χ1) is 17.5. The second kappa shape index (κ2) is 12.3. The number of hydrogen-bond donors (Lipinski definition) is 1. The maximum Gasteiger partial charge on any atom is 0.419 e. The normalized spacial score (nSPS) is 14.3. The third kappa shape index (κ3) is 7.16. The number of hydrogen-bond acceptors (Lipinski definition) is 5. The van der Waals surface area contributed by atoms with Gasteiger partial charge in [-0.2, -0.15) is 0 Å². The predicted octanol–water partition coefficient (Wildman–Crippen LogP) is 4.04. The number of nitrogens with one attached hydrogen (secondary N) is 1. The molecule has 1 heterocycles. The van der Waals surface area contributed by atoms with Crippen LogP contribution >= 0.6 is 0 Å². The molecule has 188 valence electrons. The lowest BCUT2D eigenvalue weighted by molar-refractivity contribution is 0.0954. The van der Waals surface area contributed by atoms with Crippen LogP contribution in [0.15, 0.2) is 78.9 Å². The summed E-state index contributed by atoms with van der Waals surface area (Å²) in [6.07, 6.45) is 0.238. The van der Waals surface area contributed by atoms with E-state index in [0.29, 0.717) is 24.3 Å². The number of ether oxygens (including phenoxy) is 1. The molecule has 0 saturated carbocycles. The Hall–Kier alpha value is -3.68. The highest BCUT2D eigenvalue weighted by Crippen LogP contribution is 2.17. The lowest BCUT2D eigenvalue weighted by Gasteiger charge is -2.32. The van der Waals surface area contributed by atoms with Crippen LogP contribution in [0.5, 0.6) is 5.75 Å². The third-order valence-corrected chi connectivity index (χ3v) is 6.46. The number of para-hydroxylation sites is 1. The number of nitrogens with zero attached hydrogens (tertiary/aromatic N) is 3. The lowest BCUT2D eigenvalue weighted by atomic mass is 10.1. The molecule has 4 rings (SSSR count). The van der Waals surface area contributed by atoms with Crippen LogP contribution < -0.4 is 15.0 Å². The Morgan fingerprint density at radius 2 is 1.50 bits per heavy atom. The van der Waals surface area contributed by atoms with Crippen molar-refractivity contribution in [1.29, 1.82) is 0 Å². The van der Waals surface area contributed by atoms with E-state index < -0.39 is 6.09 Å². The fraction of sp³-hybridized carbons (Fsp3) is 0.310. The number of benzene rings is 3. The first-order valence-electron chi connectivity index (χ1n) is 12.4. The Balaban J connectivity index is 1.20. The largest absolute Gasteiger partial charge is 0.419 e. The molecular formula is C29H34N4O3. The van der Waals surface area contributed by atoms with E-state index in [-0.39, 0.29) is 5.91 Å². The molecule has 7 nitrogen and oxygen atoms in total. The molecule has 0 aromatic heterocycles. The topological polar surface area (TPSA) is 65.1 Å². The highest BCUT2D eigenvalue weighted by molar-refractivity contribution is 5.94.